The molecule has 2 rings (SSSR count). The lowest BCUT2D eigenvalue weighted by molar-refractivity contribution is 0.200. The summed E-state index contributed by atoms with van der Waals surface area (Å²) >= 11 is 3.48. The Hall–Kier alpha value is -0.840. The summed E-state index contributed by atoms with van der Waals surface area (Å²) in [5, 5.41) is 10.9. The minimum absolute atomic E-state index is 0.446. The van der Waals surface area contributed by atoms with Gasteiger partial charge in [0.25, 0.3) is 0 Å². The van der Waals surface area contributed by atoms with E-state index in [1.165, 1.54) is 0 Å². The van der Waals surface area contributed by atoms with Crippen molar-refractivity contribution in [2.75, 3.05) is 6.54 Å². The van der Waals surface area contributed by atoms with Gasteiger partial charge in [0.05, 0.1) is 6.10 Å². The molecule has 1 aromatic carbocycles. The second kappa shape index (κ2) is 5.21. The van der Waals surface area contributed by atoms with Crippen LogP contribution in [0.15, 0.2) is 28.9 Å². The largest absolute Gasteiger partial charge is 0.389 e. The van der Waals surface area contributed by atoms with Gasteiger partial charge in [-0.25, -0.2) is 0 Å². The van der Waals surface area contributed by atoms with Gasteiger partial charge in [-0.2, -0.15) is 0 Å². The average molecular weight is 297 g/mol. The number of nitrogens with two attached hydrogens (primary N) is 1. The molecule has 1 atom stereocenters. The summed E-state index contributed by atoms with van der Waals surface area (Å²) in [6, 6.07) is 6.12. The Balaban J connectivity index is 2.54. The molecule has 0 amide bonds. The summed E-state index contributed by atoms with van der Waals surface area (Å²) in [5.74, 6) is 0. The number of hydrogen-bond donors (Lipinski definition) is 2. The van der Waals surface area contributed by atoms with Crippen molar-refractivity contribution in [1.29, 1.82) is 0 Å². The first-order valence-electron chi connectivity index (χ1n) is 5.80. The van der Waals surface area contributed by atoms with Crippen LogP contribution in [0, 0.1) is 0 Å². The zero-order valence-electron chi connectivity index (χ0n) is 9.86. The molecule has 0 radical (unpaired) electrons. The molecule has 0 saturated heterocycles. The third-order valence-corrected chi connectivity index (χ3v) is 3.42. The number of aryl methyl sites for hydroxylation is 1. The molecule has 1 heterocycles. The minimum atomic E-state index is -0.446. The van der Waals surface area contributed by atoms with E-state index in [4.69, 9.17) is 5.73 Å². The number of fused-ring (bicyclic) bond motifs is 1. The summed E-state index contributed by atoms with van der Waals surface area (Å²) in [7, 11) is 0. The highest BCUT2D eigenvalue weighted by atomic mass is 79.9. The minimum Gasteiger partial charge on any atom is -0.389 e. The molecule has 0 bridgehead atoms. The van der Waals surface area contributed by atoms with Gasteiger partial charge in [-0.15, -0.1) is 0 Å². The van der Waals surface area contributed by atoms with Crippen molar-refractivity contribution in [3.05, 3.63) is 34.4 Å². The quantitative estimate of drug-likeness (QED) is 0.911. The van der Waals surface area contributed by atoms with E-state index in [0.29, 0.717) is 6.54 Å². The number of nitrogens with zero attached hydrogens (tertiary/aromatic N) is 1. The van der Waals surface area contributed by atoms with Crippen LogP contribution in [0.3, 0.4) is 0 Å². The second-order valence-electron chi connectivity index (χ2n) is 4.26. The van der Waals surface area contributed by atoms with Crippen LogP contribution < -0.4 is 5.73 Å². The lowest BCUT2D eigenvalue weighted by atomic mass is 10.1. The molecule has 4 heteroatoms. The molecular formula is C13H17BrN2O. The van der Waals surface area contributed by atoms with Crippen LogP contribution in [0.5, 0.6) is 0 Å². The van der Waals surface area contributed by atoms with E-state index < -0.39 is 6.10 Å². The Bertz CT molecular complexity index is 519. The SMILES string of the molecule is CC(O)c1cn(CCCN)c2cc(Br)ccc12. The van der Waals surface area contributed by atoms with Gasteiger partial charge in [0.2, 0.25) is 0 Å². The smallest absolute Gasteiger partial charge is 0.0782 e. The molecular weight excluding hydrogens is 280 g/mol. The third-order valence-electron chi connectivity index (χ3n) is 2.93. The van der Waals surface area contributed by atoms with Gasteiger partial charge in [-0.05, 0) is 32.0 Å². The number of aromatic nitrogens is 1. The van der Waals surface area contributed by atoms with E-state index in [1.807, 2.05) is 18.3 Å². The topological polar surface area (TPSA) is 51.2 Å². The standard InChI is InChI=1S/C13H17BrN2O/c1-9(17)12-8-16(6-2-5-15)13-7-10(14)3-4-11(12)13/h3-4,7-9,17H,2,5-6,15H2,1H3. The normalized spacial score (nSPS) is 13.2. The zero-order chi connectivity index (χ0) is 12.4. The molecule has 3 nitrogen and oxygen atoms in total. The molecule has 0 saturated carbocycles. The van der Waals surface area contributed by atoms with E-state index in [0.717, 1.165) is 33.9 Å². The molecule has 1 aromatic heterocycles. The number of halogens is 1. The van der Waals surface area contributed by atoms with Crippen molar-refractivity contribution >= 4 is 26.8 Å². The predicted octanol–water partition coefficient (Wildman–Crippen LogP) is 2.81. The van der Waals surface area contributed by atoms with Crippen LogP contribution in [-0.2, 0) is 6.54 Å². The number of aliphatic hydroxyl groups excluding tert-OH is 1. The van der Waals surface area contributed by atoms with Crippen molar-refractivity contribution in [3.63, 3.8) is 0 Å². The van der Waals surface area contributed by atoms with Crippen molar-refractivity contribution in [1.82, 2.24) is 4.57 Å². The maximum Gasteiger partial charge on any atom is 0.0782 e. The first-order valence-corrected chi connectivity index (χ1v) is 6.59. The van der Waals surface area contributed by atoms with Crippen molar-refractivity contribution in [2.45, 2.75) is 26.0 Å². The monoisotopic (exact) mass is 296 g/mol. The Kier molecular flexibility index (Phi) is 3.86. The van der Waals surface area contributed by atoms with E-state index in [2.05, 4.69) is 26.6 Å². The molecule has 2 aromatic rings. The van der Waals surface area contributed by atoms with E-state index in [9.17, 15) is 5.11 Å². The summed E-state index contributed by atoms with van der Waals surface area (Å²) in [5.41, 5.74) is 7.66. The lowest BCUT2D eigenvalue weighted by Crippen LogP contribution is -2.04. The fourth-order valence-corrected chi connectivity index (χ4v) is 2.42. The highest BCUT2D eigenvalue weighted by Crippen LogP contribution is 2.29. The van der Waals surface area contributed by atoms with Gasteiger partial charge in [-0.3, -0.25) is 0 Å². The second-order valence-corrected chi connectivity index (χ2v) is 5.17. The molecule has 0 aliphatic rings. The predicted molar refractivity (Wildman–Crippen MR) is 73.9 cm³/mol. The number of aliphatic hydroxyl groups is 1. The van der Waals surface area contributed by atoms with Crippen LogP contribution in [0.4, 0.5) is 0 Å². The number of hydrogen-bond acceptors (Lipinski definition) is 2. The Morgan fingerprint density at radius 3 is 2.88 bits per heavy atom. The molecule has 1 unspecified atom stereocenters. The Labute approximate surface area is 109 Å². The Morgan fingerprint density at radius 1 is 1.47 bits per heavy atom. The van der Waals surface area contributed by atoms with Gasteiger partial charge in [0, 0.05) is 33.7 Å². The number of benzene rings is 1. The number of rotatable bonds is 4. The van der Waals surface area contributed by atoms with Gasteiger partial charge < -0.3 is 15.4 Å². The first-order chi connectivity index (χ1) is 8.13. The van der Waals surface area contributed by atoms with Crippen molar-refractivity contribution in [3.8, 4) is 0 Å². The van der Waals surface area contributed by atoms with Crippen molar-refractivity contribution < 1.29 is 5.11 Å². The average Bonchev–Trinajstić information content (AvgIpc) is 2.64. The fourth-order valence-electron chi connectivity index (χ4n) is 2.07. The van der Waals surface area contributed by atoms with Gasteiger partial charge in [-0.1, -0.05) is 22.0 Å². The van der Waals surface area contributed by atoms with Crippen LogP contribution in [0.25, 0.3) is 10.9 Å². The lowest BCUT2D eigenvalue weighted by Gasteiger charge is -2.03. The summed E-state index contributed by atoms with van der Waals surface area (Å²) in [6.45, 7) is 3.36. The van der Waals surface area contributed by atoms with Crippen LogP contribution >= 0.6 is 15.9 Å². The molecule has 0 aliphatic carbocycles. The molecule has 0 aliphatic heterocycles. The maximum absolute atomic E-state index is 9.78. The molecule has 17 heavy (non-hydrogen) atoms. The molecule has 0 fully saturated rings. The summed E-state index contributed by atoms with van der Waals surface area (Å²) in [6.07, 6.45) is 2.52. The van der Waals surface area contributed by atoms with Gasteiger partial charge >= 0.3 is 0 Å². The van der Waals surface area contributed by atoms with Gasteiger partial charge in [0.1, 0.15) is 0 Å². The third kappa shape index (κ3) is 2.54. The molecule has 92 valence electrons. The van der Waals surface area contributed by atoms with E-state index in [1.54, 1.807) is 6.92 Å². The van der Waals surface area contributed by atoms with Crippen molar-refractivity contribution in [2.24, 2.45) is 5.73 Å². The van der Waals surface area contributed by atoms with E-state index in [-0.39, 0.29) is 0 Å². The first kappa shape index (κ1) is 12.6. The Morgan fingerprint density at radius 2 is 2.24 bits per heavy atom. The molecule has 0 spiro atoms. The van der Waals surface area contributed by atoms with Crippen LogP contribution in [0.2, 0.25) is 0 Å². The van der Waals surface area contributed by atoms with Crippen LogP contribution in [0.1, 0.15) is 25.0 Å². The molecule has 3 N–H and O–H groups in total. The zero-order valence-corrected chi connectivity index (χ0v) is 11.4. The summed E-state index contributed by atoms with van der Waals surface area (Å²) in [4.78, 5) is 0. The van der Waals surface area contributed by atoms with Crippen LogP contribution in [-0.4, -0.2) is 16.2 Å². The maximum atomic E-state index is 9.78. The highest BCUT2D eigenvalue weighted by Gasteiger charge is 2.12. The van der Waals surface area contributed by atoms with Gasteiger partial charge in [0.15, 0.2) is 0 Å². The fraction of sp³-hybridized carbons (Fsp3) is 0.385. The summed E-state index contributed by atoms with van der Waals surface area (Å²) < 4.78 is 3.21. The highest BCUT2D eigenvalue weighted by molar-refractivity contribution is 9.10. The van der Waals surface area contributed by atoms with E-state index >= 15 is 0 Å².